The standard InChI is InChI=1S/C11H15NO2/c1-8-4-5-9(6-11(8)14-3)10(13)7-12-2/h4-6,12H,7H2,1-3H3. The smallest absolute Gasteiger partial charge is 0.176 e. The fourth-order valence-electron chi connectivity index (χ4n) is 1.26. The van der Waals surface area contributed by atoms with Gasteiger partial charge in [0.25, 0.3) is 0 Å². The summed E-state index contributed by atoms with van der Waals surface area (Å²) in [7, 11) is 3.36. The first-order valence-electron chi connectivity index (χ1n) is 4.51. The van der Waals surface area contributed by atoms with E-state index in [0.717, 1.165) is 11.3 Å². The van der Waals surface area contributed by atoms with E-state index in [9.17, 15) is 4.79 Å². The number of nitrogens with one attached hydrogen (secondary N) is 1. The minimum Gasteiger partial charge on any atom is -0.496 e. The van der Waals surface area contributed by atoms with Crippen LogP contribution >= 0.6 is 0 Å². The molecule has 0 aliphatic rings. The summed E-state index contributed by atoms with van der Waals surface area (Å²) in [4.78, 5) is 11.5. The minimum atomic E-state index is 0.0748. The number of aryl methyl sites for hydroxylation is 1. The number of hydrogen-bond acceptors (Lipinski definition) is 3. The van der Waals surface area contributed by atoms with Crippen molar-refractivity contribution in [3.63, 3.8) is 0 Å². The monoisotopic (exact) mass is 193 g/mol. The lowest BCUT2D eigenvalue weighted by Gasteiger charge is -2.06. The van der Waals surface area contributed by atoms with E-state index in [1.165, 1.54) is 0 Å². The predicted octanol–water partition coefficient (Wildman–Crippen LogP) is 1.41. The van der Waals surface area contributed by atoms with Crippen molar-refractivity contribution < 1.29 is 9.53 Å². The molecular formula is C11H15NO2. The number of benzene rings is 1. The van der Waals surface area contributed by atoms with Crippen LogP contribution in [0, 0.1) is 6.92 Å². The lowest BCUT2D eigenvalue weighted by Crippen LogP contribution is -2.18. The van der Waals surface area contributed by atoms with Crippen LogP contribution in [0.4, 0.5) is 0 Å². The molecule has 0 heterocycles. The number of Topliss-reactive ketones (excluding diaryl/α,β-unsaturated/α-hetero) is 1. The molecule has 3 nitrogen and oxygen atoms in total. The van der Waals surface area contributed by atoms with Crippen LogP contribution < -0.4 is 10.1 Å². The summed E-state index contributed by atoms with van der Waals surface area (Å²) in [5.74, 6) is 0.831. The van der Waals surface area contributed by atoms with Crippen molar-refractivity contribution in [2.24, 2.45) is 0 Å². The summed E-state index contributed by atoms with van der Waals surface area (Å²) in [6, 6.07) is 5.48. The molecule has 1 aromatic rings. The summed E-state index contributed by atoms with van der Waals surface area (Å²) in [5, 5.41) is 2.83. The van der Waals surface area contributed by atoms with E-state index in [4.69, 9.17) is 4.74 Å². The number of ketones is 1. The molecular weight excluding hydrogens is 178 g/mol. The van der Waals surface area contributed by atoms with Crippen LogP contribution in [0.2, 0.25) is 0 Å². The molecule has 0 atom stereocenters. The van der Waals surface area contributed by atoms with E-state index in [1.807, 2.05) is 19.1 Å². The molecule has 0 saturated heterocycles. The molecule has 0 aromatic heterocycles. The highest BCUT2D eigenvalue weighted by Gasteiger charge is 2.06. The molecule has 0 amide bonds. The van der Waals surface area contributed by atoms with Gasteiger partial charge in [-0.05, 0) is 25.6 Å². The van der Waals surface area contributed by atoms with Gasteiger partial charge in [0.1, 0.15) is 5.75 Å². The average molecular weight is 193 g/mol. The van der Waals surface area contributed by atoms with Gasteiger partial charge in [0, 0.05) is 5.56 Å². The van der Waals surface area contributed by atoms with Crippen molar-refractivity contribution >= 4 is 5.78 Å². The van der Waals surface area contributed by atoms with Crippen molar-refractivity contribution in [2.45, 2.75) is 6.92 Å². The molecule has 1 rings (SSSR count). The molecule has 0 unspecified atom stereocenters. The molecule has 1 aromatic carbocycles. The molecule has 0 aliphatic heterocycles. The van der Waals surface area contributed by atoms with Crippen molar-refractivity contribution in [1.82, 2.24) is 5.32 Å². The largest absolute Gasteiger partial charge is 0.496 e. The highest BCUT2D eigenvalue weighted by molar-refractivity contribution is 5.98. The van der Waals surface area contributed by atoms with Gasteiger partial charge in [-0.15, -0.1) is 0 Å². The van der Waals surface area contributed by atoms with Crippen LogP contribution in [0.1, 0.15) is 15.9 Å². The second-order valence-electron chi connectivity index (χ2n) is 3.14. The lowest BCUT2D eigenvalue weighted by molar-refractivity contribution is 0.0993. The molecule has 0 bridgehead atoms. The Morgan fingerprint density at radius 2 is 2.21 bits per heavy atom. The van der Waals surface area contributed by atoms with Crippen molar-refractivity contribution in [3.8, 4) is 5.75 Å². The lowest BCUT2D eigenvalue weighted by atomic mass is 10.1. The normalized spacial score (nSPS) is 9.93. The van der Waals surface area contributed by atoms with Gasteiger partial charge in [-0.1, -0.05) is 12.1 Å². The molecule has 1 N–H and O–H groups in total. The van der Waals surface area contributed by atoms with Crippen LogP contribution in [0.15, 0.2) is 18.2 Å². The van der Waals surface area contributed by atoms with Gasteiger partial charge in [0.15, 0.2) is 5.78 Å². The van der Waals surface area contributed by atoms with E-state index in [-0.39, 0.29) is 5.78 Å². The highest BCUT2D eigenvalue weighted by Crippen LogP contribution is 2.18. The van der Waals surface area contributed by atoms with Crippen LogP contribution in [-0.4, -0.2) is 26.5 Å². The number of hydrogen-bond donors (Lipinski definition) is 1. The topological polar surface area (TPSA) is 38.3 Å². The SMILES string of the molecule is CNCC(=O)c1ccc(C)c(OC)c1. The zero-order chi connectivity index (χ0) is 10.6. The Labute approximate surface area is 84.1 Å². The summed E-state index contributed by atoms with van der Waals surface area (Å²) in [6.07, 6.45) is 0. The number of likely N-dealkylation sites (N-methyl/N-ethyl adjacent to an activating group) is 1. The van der Waals surface area contributed by atoms with Crippen molar-refractivity contribution in [2.75, 3.05) is 20.7 Å². The van der Waals surface area contributed by atoms with E-state index in [2.05, 4.69) is 5.32 Å². The number of rotatable bonds is 4. The number of ether oxygens (including phenoxy) is 1. The van der Waals surface area contributed by atoms with Crippen LogP contribution in [0.5, 0.6) is 5.75 Å². The first-order valence-corrected chi connectivity index (χ1v) is 4.51. The molecule has 0 saturated carbocycles. The Balaban J connectivity index is 2.94. The fraction of sp³-hybridized carbons (Fsp3) is 0.364. The first-order chi connectivity index (χ1) is 6.69. The van der Waals surface area contributed by atoms with Crippen LogP contribution in [0.25, 0.3) is 0 Å². The number of carbonyl (C=O) groups excluding carboxylic acids is 1. The van der Waals surface area contributed by atoms with Gasteiger partial charge in [0.2, 0.25) is 0 Å². The van der Waals surface area contributed by atoms with E-state index < -0.39 is 0 Å². The first kappa shape index (κ1) is 10.7. The fourth-order valence-corrected chi connectivity index (χ4v) is 1.26. The quantitative estimate of drug-likeness (QED) is 0.735. The third kappa shape index (κ3) is 2.33. The third-order valence-corrected chi connectivity index (χ3v) is 2.07. The molecule has 76 valence electrons. The van der Waals surface area contributed by atoms with Gasteiger partial charge < -0.3 is 10.1 Å². The van der Waals surface area contributed by atoms with Gasteiger partial charge >= 0.3 is 0 Å². The summed E-state index contributed by atoms with van der Waals surface area (Å²) >= 11 is 0. The maximum atomic E-state index is 11.5. The molecule has 0 aliphatic carbocycles. The van der Waals surface area contributed by atoms with Crippen molar-refractivity contribution in [1.29, 1.82) is 0 Å². The molecule has 0 fully saturated rings. The maximum absolute atomic E-state index is 11.5. The minimum absolute atomic E-state index is 0.0748. The van der Waals surface area contributed by atoms with Gasteiger partial charge in [-0.2, -0.15) is 0 Å². The van der Waals surface area contributed by atoms with Gasteiger partial charge in [-0.25, -0.2) is 0 Å². The van der Waals surface area contributed by atoms with Crippen LogP contribution in [-0.2, 0) is 0 Å². The Bertz CT molecular complexity index is 334. The van der Waals surface area contributed by atoms with E-state index in [1.54, 1.807) is 20.2 Å². The second-order valence-corrected chi connectivity index (χ2v) is 3.14. The van der Waals surface area contributed by atoms with Gasteiger partial charge in [-0.3, -0.25) is 4.79 Å². The van der Waals surface area contributed by atoms with E-state index >= 15 is 0 Å². The Hall–Kier alpha value is -1.35. The van der Waals surface area contributed by atoms with E-state index in [0.29, 0.717) is 12.1 Å². The zero-order valence-corrected chi connectivity index (χ0v) is 8.76. The van der Waals surface area contributed by atoms with Gasteiger partial charge in [0.05, 0.1) is 13.7 Å². The van der Waals surface area contributed by atoms with Crippen molar-refractivity contribution in [3.05, 3.63) is 29.3 Å². The van der Waals surface area contributed by atoms with Crippen LogP contribution in [0.3, 0.4) is 0 Å². The Morgan fingerprint density at radius 1 is 1.50 bits per heavy atom. The average Bonchev–Trinajstić information content (AvgIpc) is 2.19. The summed E-state index contributed by atoms with van der Waals surface area (Å²) < 4.78 is 5.14. The number of carbonyl (C=O) groups is 1. The molecule has 14 heavy (non-hydrogen) atoms. The Morgan fingerprint density at radius 3 is 2.79 bits per heavy atom. The molecule has 3 heteroatoms. The predicted molar refractivity (Wildman–Crippen MR) is 56.0 cm³/mol. The number of methoxy groups -OCH3 is 1. The zero-order valence-electron chi connectivity index (χ0n) is 8.76. The summed E-state index contributed by atoms with van der Waals surface area (Å²) in [6.45, 7) is 2.30. The highest BCUT2D eigenvalue weighted by atomic mass is 16.5. The third-order valence-electron chi connectivity index (χ3n) is 2.07. The Kier molecular flexibility index (Phi) is 3.65. The summed E-state index contributed by atoms with van der Waals surface area (Å²) in [5.41, 5.74) is 1.72. The second kappa shape index (κ2) is 4.77. The maximum Gasteiger partial charge on any atom is 0.176 e. The molecule has 0 spiro atoms. The molecule has 0 radical (unpaired) electrons.